The number of nitrogens with one attached hydrogen (secondary N) is 3. The van der Waals surface area contributed by atoms with E-state index in [0.29, 0.717) is 12.0 Å². The average Bonchev–Trinajstić information content (AvgIpc) is 2.80. The summed E-state index contributed by atoms with van der Waals surface area (Å²) in [6.07, 6.45) is 5.84. The Labute approximate surface area is 139 Å². The van der Waals surface area contributed by atoms with Crippen LogP contribution in [0.4, 0.5) is 0 Å². The molecule has 1 heterocycles. The Morgan fingerprint density at radius 2 is 1.82 bits per heavy atom. The monoisotopic (exact) mass is 331 g/mol. The van der Waals surface area contributed by atoms with Gasteiger partial charge in [-0.05, 0) is 52.9 Å². The summed E-state index contributed by atoms with van der Waals surface area (Å²) in [7, 11) is 0. The molecule has 128 valence electrons. The van der Waals surface area contributed by atoms with Gasteiger partial charge in [-0.25, -0.2) is 0 Å². The number of hydrogen-bond donors (Lipinski definition) is 3. The van der Waals surface area contributed by atoms with Gasteiger partial charge in [-0.2, -0.15) is 0 Å². The predicted octanol–water partition coefficient (Wildman–Crippen LogP) is 1.75. The largest absolute Gasteiger partial charge is 0.350 e. The Kier molecular flexibility index (Phi) is 6.68. The fourth-order valence-corrected chi connectivity index (χ4v) is 3.38. The highest BCUT2D eigenvalue weighted by Crippen LogP contribution is 2.33. The maximum Gasteiger partial charge on any atom is 0.242 e. The van der Waals surface area contributed by atoms with Crippen LogP contribution in [0, 0.1) is 5.92 Å². The molecular weight excluding hydrogens is 302 g/mol. The zero-order chi connectivity index (χ0) is 15.6. The fourth-order valence-electron chi connectivity index (χ4n) is 3.38. The Morgan fingerprint density at radius 3 is 2.41 bits per heavy atom. The molecule has 0 bridgehead atoms. The number of hydrogen-bond acceptors (Lipinski definition) is 3. The third-order valence-corrected chi connectivity index (χ3v) is 4.43. The second-order valence-electron chi connectivity index (χ2n) is 7.58. The average molecular weight is 332 g/mol. The summed E-state index contributed by atoms with van der Waals surface area (Å²) >= 11 is 0. The van der Waals surface area contributed by atoms with Gasteiger partial charge in [0.1, 0.15) is 6.04 Å². The Bertz CT molecular complexity index is 395. The third-order valence-electron chi connectivity index (χ3n) is 4.43. The van der Waals surface area contributed by atoms with Crippen LogP contribution in [-0.2, 0) is 9.59 Å². The minimum atomic E-state index is -0.499. The first-order valence-electron chi connectivity index (χ1n) is 8.15. The summed E-state index contributed by atoms with van der Waals surface area (Å²) in [5.74, 6) is 0.459. The minimum Gasteiger partial charge on any atom is -0.350 e. The molecule has 1 aliphatic heterocycles. The fraction of sp³-hybridized carbons (Fsp3) is 0.875. The highest BCUT2D eigenvalue weighted by molar-refractivity contribution is 5.90. The number of rotatable bonds is 3. The van der Waals surface area contributed by atoms with Gasteiger partial charge in [0.25, 0.3) is 0 Å². The van der Waals surface area contributed by atoms with E-state index in [1.165, 1.54) is 25.7 Å². The Balaban J connectivity index is 0.00000242. The van der Waals surface area contributed by atoms with Gasteiger partial charge in [-0.15, -0.1) is 12.4 Å². The molecule has 2 rings (SSSR count). The number of halogens is 1. The van der Waals surface area contributed by atoms with Gasteiger partial charge >= 0.3 is 0 Å². The summed E-state index contributed by atoms with van der Waals surface area (Å²) in [5, 5.41) is 9.17. The SMILES string of the molecule is CC(NC(=O)C1CC2CCCCC2N1)C(=O)NC(C)(C)C.Cl. The number of carbonyl (C=O) groups is 2. The van der Waals surface area contributed by atoms with E-state index in [-0.39, 0.29) is 35.8 Å². The first-order valence-corrected chi connectivity index (χ1v) is 8.15. The van der Waals surface area contributed by atoms with Crippen molar-refractivity contribution in [2.24, 2.45) is 5.92 Å². The molecule has 0 aromatic heterocycles. The molecule has 2 fully saturated rings. The van der Waals surface area contributed by atoms with Crippen LogP contribution in [0.1, 0.15) is 59.8 Å². The van der Waals surface area contributed by atoms with Crippen LogP contribution < -0.4 is 16.0 Å². The van der Waals surface area contributed by atoms with Crippen molar-refractivity contribution >= 4 is 24.2 Å². The van der Waals surface area contributed by atoms with Crippen molar-refractivity contribution in [2.45, 2.75) is 83.5 Å². The lowest BCUT2D eigenvalue weighted by molar-refractivity contribution is -0.130. The van der Waals surface area contributed by atoms with Crippen LogP contribution in [0.2, 0.25) is 0 Å². The van der Waals surface area contributed by atoms with Crippen LogP contribution in [0.3, 0.4) is 0 Å². The van der Waals surface area contributed by atoms with Crippen LogP contribution in [0.5, 0.6) is 0 Å². The lowest BCUT2D eigenvalue weighted by Gasteiger charge is -2.24. The van der Waals surface area contributed by atoms with Crippen LogP contribution >= 0.6 is 12.4 Å². The van der Waals surface area contributed by atoms with Crippen molar-refractivity contribution in [2.75, 3.05) is 0 Å². The summed E-state index contributed by atoms with van der Waals surface area (Å²) in [6, 6.07) is -0.141. The molecule has 5 nitrogen and oxygen atoms in total. The smallest absolute Gasteiger partial charge is 0.242 e. The van der Waals surface area contributed by atoms with E-state index < -0.39 is 6.04 Å². The Hall–Kier alpha value is -0.810. The van der Waals surface area contributed by atoms with Gasteiger partial charge in [-0.1, -0.05) is 12.8 Å². The molecule has 4 atom stereocenters. The summed E-state index contributed by atoms with van der Waals surface area (Å²) in [5.41, 5.74) is -0.281. The molecule has 0 aromatic rings. The maximum atomic E-state index is 12.3. The van der Waals surface area contributed by atoms with E-state index in [1.54, 1.807) is 6.92 Å². The molecule has 0 aromatic carbocycles. The number of fused-ring (bicyclic) bond motifs is 1. The molecule has 1 saturated heterocycles. The van der Waals surface area contributed by atoms with Gasteiger partial charge in [0, 0.05) is 11.6 Å². The molecule has 2 aliphatic rings. The first kappa shape index (κ1) is 19.2. The van der Waals surface area contributed by atoms with E-state index in [2.05, 4.69) is 16.0 Å². The maximum absolute atomic E-state index is 12.3. The molecule has 0 spiro atoms. The van der Waals surface area contributed by atoms with E-state index >= 15 is 0 Å². The van der Waals surface area contributed by atoms with E-state index in [0.717, 1.165) is 6.42 Å². The van der Waals surface area contributed by atoms with Crippen LogP contribution in [-0.4, -0.2) is 35.5 Å². The van der Waals surface area contributed by atoms with Crippen molar-refractivity contribution in [3.8, 4) is 0 Å². The molecule has 22 heavy (non-hydrogen) atoms. The lowest BCUT2D eigenvalue weighted by atomic mass is 9.85. The van der Waals surface area contributed by atoms with Gasteiger partial charge in [-0.3, -0.25) is 9.59 Å². The van der Waals surface area contributed by atoms with Crippen molar-refractivity contribution in [3.63, 3.8) is 0 Å². The molecule has 1 aliphatic carbocycles. The highest BCUT2D eigenvalue weighted by Gasteiger charge is 2.38. The van der Waals surface area contributed by atoms with Crippen LogP contribution in [0.15, 0.2) is 0 Å². The highest BCUT2D eigenvalue weighted by atomic mass is 35.5. The first-order chi connectivity index (χ1) is 9.76. The predicted molar refractivity (Wildman–Crippen MR) is 90.0 cm³/mol. The zero-order valence-corrected chi connectivity index (χ0v) is 14.9. The molecule has 6 heteroatoms. The zero-order valence-electron chi connectivity index (χ0n) is 14.1. The van der Waals surface area contributed by atoms with Crippen molar-refractivity contribution in [1.82, 2.24) is 16.0 Å². The van der Waals surface area contributed by atoms with Gasteiger partial charge in [0.05, 0.1) is 6.04 Å². The molecule has 0 radical (unpaired) electrons. The third kappa shape index (κ3) is 5.13. The van der Waals surface area contributed by atoms with Gasteiger partial charge in [0.15, 0.2) is 0 Å². The van der Waals surface area contributed by atoms with E-state index in [4.69, 9.17) is 0 Å². The topological polar surface area (TPSA) is 70.2 Å². The van der Waals surface area contributed by atoms with Crippen molar-refractivity contribution in [1.29, 1.82) is 0 Å². The van der Waals surface area contributed by atoms with Crippen LogP contribution in [0.25, 0.3) is 0 Å². The number of amides is 2. The standard InChI is InChI=1S/C16H29N3O2.ClH/c1-10(14(20)19-16(2,3)4)17-15(21)13-9-11-7-5-6-8-12(11)18-13;/h10-13,18H,5-9H2,1-4H3,(H,17,21)(H,19,20);1H. The molecular formula is C16H30ClN3O2. The molecule has 2 amide bonds. The summed E-state index contributed by atoms with van der Waals surface area (Å²) in [6.45, 7) is 7.54. The van der Waals surface area contributed by atoms with Gasteiger partial charge < -0.3 is 16.0 Å². The molecule has 4 unspecified atom stereocenters. The van der Waals surface area contributed by atoms with E-state index in [9.17, 15) is 9.59 Å². The summed E-state index contributed by atoms with van der Waals surface area (Å²) in [4.78, 5) is 24.3. The lowest BCUT2D eigenvalue weighted by Crippen LogP contribution is -2.53. The molecule has 3 N–H and O–H groups in total. The number of carbonyl (C=O) groups excluding carboxylic acids is 2. The second kappa shape index (κ2) is 7.64. The Morgan fingerprint density at radius 1 is 1.18 bits per heavy atom. The second-order valence-corrected chi connectivity index (χ2v) is 7.58. The summed E-state index contributed by atoms with van der Waals surface area (Å²) < 4.78 is 0. The normalized spacial score (nSPS) is 29.0. The molecule has 1 saturated carbocycles. The van der Waals surface area contributed by atoms with E-state index in [1.807, 2.05) is 20.8 Å². The van der Waals surface area contributed by atoms with Crippen molar-refractivity contribution < 1.29 is 9.59 Å². The minimum absolute atomic E-state index is 0. The van der Waals surface area contributed by atoms with Gasteiger partial charge in [0.2, 0.25) is 11.8 Å². The quantitative estimate of drug-likeness (QED) is 0.738. The van der Waals surface area contributed by atoms with Crippen molar-refractivity contribution in [3.05, 3.63) is 0 Å².